The summed E-state index contributed by atoms with van der Waals surface area (Å²) < 4.78 is 4.24. The van der Waals surface area contributed by atoms with E-state index in [1.54, 1.807) is 28.7 Å². The lowest BCUT2D eigenvalue weighted by Gasteiger charge is -2.19. The molecule has 0 N–H and O–H groups in total. The van der Waals surface area contributed by atoms with Gasteiger partial charge in [0.2, 0.25) is 0 Å². The van der Waals surface area contributed by atoms with Crippen LogP contribution < -0.4 is 0 Å². The first-order valence-corrected chi connectivity index (χ1v) is 8.56. The molecule has 0 amide bonds. The Kier molecular flexibility index (Phi) is 4.39. The molecule has 2 aromatic rings. The standard InChI is InChI=1S/C17H13NS3/c1-2-5-13-12(15-6-3-10-20-15)8-9-14(17(13)18-19)16-7-4-11-21-16/h2-11,19H,1H2/b13-5-,18-17+. The van der Waals surface area contributed by atoms with Crippen molar-refractivity contribution in [1.82, 2.24) is 0 Å². The molecule has 0 saturated carbocycles. The molecule has 21 heavy (non-hydrogen) atoms. The van der Waals surface area contributed by atoms with Crippen molar-refractivity contribution >= 4 is 52.3 Å². The Balaban J connectivity index is 2.18. The van der Waals surface area contributed by atoms with Crippen molar-refractivity contribution < 1.29 is 0 Å². The molecule has 0 fully saturated rings. The zero-order valence-corrected chi connectivity index (χ0v) is 13.7. The van der Waals surface area contributed by atoms with Crippen LogP contribution in [0.2, 0.25) is 0 Å². The molecule has 1 aliphatic rings. The summed E-state index contributed by atoms with van der Waals surface area (Å²) in [4.78, 5) is 2.42. The third-order valence-corrected chi connectivity index (χ3v) is 5.18. The molecule has 104 valence electrons. The van der Waals surface area contributed by atoms with Crippen molar-refractivity contribution in [2.24, 2.45) is 4.40 Å². The summed E-state index contributed by atoms with van der Waals surface area (Å²) in [7, 11) is 0. The maximum Gasteiger partial charge on any atom is 0.0875 e. The maximum absolute atomic E-state index is 4.24. The summed E-state index contributed by atoms with van der Waals surface area (Å²) in [5, 5.41) is 4.15. The summed E-state index contributed by atoms with van der Waals surface area (Å²) in [6.45, 7) is 3.83. The Morgan fingerprint density at radius 2 is 1.62 bits per heavy atom. The van der Waals surface area contributed by atoms with Crippen molar-refractivity contribution in [3.63, 3.8) is 0 Å². The zero-order valence-electron chi connectivity index (χ0n) is 11.2. The van der Waals surface area contributed by atoms with Crippen molar-refractivity contribution in [3.8, 4) is 0 Å². The summed E-state index contributed by atoms with van der Waals surface area (Å²) in [5.74, 6) is 0. The SMILES string of the molecule is C=C/C=C1/C(c2cccs2)=CC=C(c2cccs2)/C1=N/S. The number of rotatable bonds is 3. The molecule has 0 bridgehead atoms. The van der Waals surface area contributed by atoms with Gasteiger partial charge in [-0.3, -0.25) is 0 Å². The molecular weight excluding hydrogens is 314 g/mol. The van der Waals surface area contributed by atoms with Gasteiger partial charge in [-0.1, -0.05) is 43.0 Å². The van der Waals surface area contributed by atoms with Crippen LogP contribution in [0.5, 0.6) is 0 Å². The van der Waals surface area contributed by atoms with Gasteiger partial charge in [-0.15, -0.1) is 22.7 Å². The van der Waals surface area contributed by atoms with Crippen LogP contribution in [0.15, 0.2) is 75.9 Å². The van der Waals surface area contributed by atoms with Gasteiger partial charge in [-0.2, -0.15) is 0 Å². The first-order valence-electron chi connectivity index (χ1n) is 6.40. The second kappa shape index (κ2) is 6.43. The highest BCUT2D eigenvalue weighted by atomic mass is 32.1. The third-order valence-electron chi connectivity index (χ3n) is 3.17. The number of nitrogens with zero attached hydrogens (tertiary/aromatic N) is 1. The molecule has 2 aromatic heterocycles. The number of hydrogen-bond acceptors (Lipinski definition) is 4. The number of hydrogen-bond donors (Lipinski definition) is 1. The van der Waals surface area contributed by atoms with Gasteiger partial charge in [0.05, 0.1) is 5.71 Å². The molecular formula is C17H13NS3. The van der Waals surface area contributed by atoms with E-state index in [0.29, 0.717) is 0 Å². The fourth-order valence-corrected chi connectivity index (χ4v) is 4.01. The largest absolute Gasteiger partial charge is 0.219 e. The molecule has 0 unspecified atom stereocenters. The normalized spacial score (nSPS) is 18.7. The number of allylic oxidation sites excluding steroid dienone is 7. The van der Waals surface area contributed by atoms with Crippen LogP contribution in [-0.4, -0.2) is 5.71 Å². The fourth-order valence-electron chi connectivity index (χ4n) is 2.28. The van der Waals surface area contributed by atoms with Gasteiger partial charge in [-0.25, -0.2) is 4.40 Å². The highest BCUT2D eigenvalue weighted by Gasteiger charge is 2.22. The lowest BCUT2D eigenvalue weighted by molar-refractivity contribution is 1.67. The van der Waals surface area contributed by atoms with Crippen LogP contribution in [0.4, 0.5) is 0 Å². The fraction of sp³-hybridized carbons (Fsp3) is 0. The van der Waals surface area contributed by atoms with Crippen molar-refractivity contribution in [2.45, 2.75) is 0 Å². The highest BCUT2D eigenvalue weighted by Crippen LogP contribution is 2.37. The van der Waals surface area contributed by atoms with Gasteiger partial charge in [-0.05, 0) is 35.7 Å². The lowest BCUT2D eigenvalue weighted by Crippen LogP contribution is -2.09. The molecule has 2 heterocycles. The average molecular weight is 327 g/mol. The van der Waals surface area contributed by atoms with Gasteiger partial charge in [0.25, 0.3) is 0 Å². The van der Waals surface area contributed by atoms with E-state index in [1.807, 2.05) is 12.1 Å². The van der Waals surface area contributed by atoms with Crippen LogP contribution >= 0.6 is 35.5 Å². The van der Waals surface area contributed by atoms with Crippen LogP contribution in [0, 0.1) is 0 Å². The van der Waals surface area contributed by atoms with E-state index in [-0.39, 0.29) is 0 Å². The number of thiophene rings is 2. The molecule has 1 nitrogen and oxygen atoms in total. The van der Waals surface area contributed by atoms with E-state index < -0.39 is 0 Å². The second-order valence-electron chi connectivity index (χ2n) is 4.38. The van der Waals surface area contributed by atoms with E-state index in [0.717, 1.165) is 22.4 Å². The predicted molar refractivity (Wildman–Crippen MR) is 99.3 cm³/mol. The van der Waals surface area contributed by atoms with E-state index in [4.69, 9.17) is 0 Å². The minimum absolute atomic E-state index is 0.895. The molecule has 0 saturated heterocycles. The lowest BCUT2D eigenvalue weighted by atomic mass is 9.88. The second-order valence-corrected chi connectivity index (χ2v) is 6.48. The average Bonchev–Trinajstić information content (AvgIpc) is 3.20. The van der Waals surface area contributed by atoms with Gasteiger partial charge in [0.1, 0.15) is 0 Å². The molecule has 0 atom stereocenters. The minimum atomic E-state index is 0.895. The third kappa shape index (κ3) is 2.75. The van der Waals surface area contributed by atoms with Gasteiger partial charge in [0.15, 0.2) is 0 Å². The molecule has 1 aliphatic carbocycles. The van der Waals surface area contributed by atoms with Crippen LogP contribution in [0.25, 0.3) is 11.1 Å². The van der Waals surface area contributed by atoms with Crippen LogP contribution in [0.3, 0.4) is 0 Å². The van der Waals surface area contributed by atoms with Crippen LogP contribution in [-0.2, 0) is 0 Å². The number of thiol groups is 1. The maximum atomic E-state index is 4.24. The van der Waals surface area contributed by atoms with Gasteiger partial charge < -0.3 is 0 Å². The molecule has 3 rings (SSSR count). The van der Waals surface area contributed by atoms with Gasteiger partial charge in [0, 0.05) is 26.5 Å². The molecule has 0 aromatic carbocycles. The summed E-state index contributed by atoms with van der Waals surface area (Å²) in [6.07, 6.45) is 8.07. The Labute approximate surface area is 137 Å². The van der Waals surface area contributed by atoms with E-state index in [2.05, 4.69) is 64.9 Å². The molecule has 0 radical (unpaired) electrons. The first kappa shape index (κ1) is 14.3. The van der Waals surface area contributed by atoms with E-state index >= 15 is 0 Å². The van der Waals surface area contributed by atoms with E-state index in [1.165, 1.54) is 9.75 Å². The molecule has 0 spiro atoms. The summed E-state index contributed by atoms with van der Waals surface area (Å²) in [6, 6.07) is 8.33. The van der Waals surface area contributed by atoms with Crippen LogP contribution in [0.1, 0.15) is 9.75 Å². The monoisotopic (exact) mass is 327 g/mol. The Hall–Kier alpha value is -1.62. The Bertz CT molecular complexity index is 757. The molecule has 4 heteroatoms. The predicted octanol–water partition coefficient (Wildman–Crippen LogP) is 5.69. The summed E-state index contributed by atoms with van der Waals surface area (Å²) in [5.41, 5.74) is 4.23. The summed E-state index contributed by atoms with van der Waals surface area (Å²) >= 11 is 7.62. The zero-order chi connectivity index (χ0) is 14.7. The van der Waals surface area contributed by atoms with E-state index in [9.17, 15) is 0 Å². The minimum Gasteiger partial charge on any atom is -0.219 e. The van der Waals surface area contributed by atoms with Crippen molar-refractivity contribution in [1.29, 1.82) is 0 Å². The van der Waals surface area contributed by atoms with Crippen molar-refractivity contribution in [2.75, 3.05) is 0 Å². The van der Waals surface area contributed by atoms with Gasteiger partial charge >= 0.3 is 0 Å². The first-order chi connectivity index (χ1) is 10.3. The Morgan fingerprint density at radius 1 is 1.00 bits per heavy atom. The molecule has 0 aliphatic heterocycles. The smallest absolute Gasteiger partial charge is 0.0875 e. The highest BCUT2D eigenvalue weighted by molar-refractivity contribution is 7.79. The quantitative estimate of drug-likeness (QED) is 0.695. The topological polar surface area (TPSA) is 12.4 Å². The van der Waals surface area contributed by atoms with Crippen molar-refractivity contribution in [3.05, 3.63) is 81.2 Å². The Morgan fingerprint density at radius 3 is 2.14 bits per heavy atom.